The Morgan fingerprint density at radius 2 is 0.592 bits per heavy atom. The molecule has 13 nitrogen and oxygen atoms in total. The van der Waals surface area contributed by atoms with E-state index in [0.29, 0.717) is 11.8 Å². The summed E-state index contributed by atoms with van der Waals surface area (Å²) in [4.78, 5) is 60.7. The van der Waals surface area contributed by atoms with Gasteiger partial charge in [-0.1, -0.05) is 290 Å². The summed E-state index contributed by atoms with van der Waals surface area (Å²) >= 11 is 0. The van der Waals surface area contributed by atoms with Crippen molar-refractivity contribution in [2.24, 2.45) is 0 Å². The van der Waals surface area contributed by atoms with Crippen LogP contribution in [0.3, 0.4) is 0 Å². The number of oxazole rings is 2. The number of imidazole rings is 3. The first-order chi connectivity index (χ1) is 50.0. The molecule has 0 spiro atoms. The normalized spacial score (nSPS) is 9.67. The highest BCUT2D eigenvalue weighted by molar-refractivity contribution is 5.85. The number of nitrogens with zero attached hydrogens (tertiary/aromatic N) is 4. The SMILES string of the molecule is CC.CC.CC.CC(C)=O.CC(C)=O.CC(C)=O.Cc1[nH]c(-c2ccc(-c3[nH]c(C)c(-c4ccccc4)[nH+]3)cc2)nc1-c1ccccc1.Cc1nc2cc(-c3ccc4oc(C)nc4c3)ccc2o1.c1ccc(-c2nc(-c3ccccc3)c(-c3ccccc3)[nH]2)cc1.c1ccccc1.c1ccccc1. The lowest BCUT2D eigenvalue weighted by molar-refractivity contribution is -0.349. The van der Waals surface area contributed by atoms with Crippen molar-refractivity contribution in [1.29, 1.82) is 0 Å². The largest absolute Gasteiger partial charge is 0.441 e. The van der Waals surface area contributed by atoms with Crippen LogP contribution in [0, 0.1) is 27.7 Å². The highest BCUT2D eigenvalue weighted by Crippen LogP contribution is 2.34. The smallest absolute Gasteiger partial charge is 0.285 e. The number of H-pyrrole nitrogens is 4. The van der Waals surface area contributed by atoms with E-state index in [1.807, 2.05) is 243 Å². The van der Waals surface area contributed by atoms with E-state index >= 15 is 0 Å². The molecule has 0 atom stereocenters. The van der Waals surface area contributed by atoms with Gasteiger partial charge in [0.25, 0.3) is 5.82 Å². The van der Waals surface area contributed by atoms with Gasteiger partial charge in [0, 0.05) is 59.8 Å². The second-order valence-corrected chi connectivity index (χ2v) is 22.8. The van der Waals surface area contributed by atoms with Crippen LogP contribution in [-0.4, -0.2) is 52.2 Å². The highest BCUT2D eigenvalue weighted by atomic mass is 16.4. The van der Waals surface area contributed by atoms with Gasteiger partial charge in [0.2, 0.25) is 0 Å². The Hall–Kier alpha value is -12.2. The van der Waals surface area contributed by atoms with Gasteiger partial charge in [-0.3, -0.25) is 0 Å². The Balaban J connectivity index is 0.000000234. The van der Waals surface area contributed by atoms with Gasteiger partial charge in [-0.2, -0.15) is 0 Å². The van der Waals surface area contributed by atoms with E-state index in [4.69, 9.17) is 18.8 Å². The Labute approximate surface area is 608 Å². The maximum atomic E-state index is 9.44. The van der Waals surface area contributed by atoms with Crippen molar-refractivity contribution in [2.45, 2.75) is 111 Å². The zero-order valence-corrected chi connectivity index (χ0v) is 62.5. The van der Waals surface area contributed by atoms with Crippen molar-refractivity contribution in [1.82, 2.24) is 34.9 Å². The number of aromatic nitrogens is 8. The number of carbonyl (C=O) groups excluding carboxylic acids is 3. The van der Waals surface area contributed by atoms with Gasteiger partial charge >= 0.3 is 0 Å². The molecule has 13 heteroatoms. The standard InChI is InChI=1S/C26H22N4.C21H16N2.C16H12N2O2.2C6H6.3C3H6O.3C2H6/c1-17-23(19-9-5-3-6-10-19)29-25(27-17)21-13-15-22(16-14-21)26-28-18(2)24(30-26)20-11-7-4-8-12-20;1-4-10-16(11-5-1)19-20(17-12-6-2-7-13-17)23-21(22-19)18-14-8-3-9-15-18;1-9-17-13-7-11(3-5-15(13)19-9)12-4-6-16-14(8-12)18-10(2)20-16;2*1-2-4-6-5-3-1;3*1-3(2)4;3*1-2/h3-16H,1-2H3,(H,27,29)(H,28,30);1-15H,(H,22,23);3-8H,1-2H3;2*1-6H;3*1-2H3;3*1-2H3/p+1. The van der Waals surface area contributed by atoms with E-state index in [0.717, 1.165) is 118 Å². The van der Waals surface area contributed by atoms with Crippen molar-refractivity contribution in [3.63, 3.8) is 0 Å². The third-order valence-electron chi connectivity index (χ3n) is 13.9. The lowest BCUT2D eigenvalue weighted by atomic mass is 10.0. The summed E-state index contributed by atoms with van der Waals surface area (Å²) < 4.78 is 11.0. The van der Waals surface area contributed by atoms with Gasteiger partial charge < -0.3 is 33.2 Å². The van der Waals surface area contributed by atoms with E-state index in [-0.39, 0.29) is 17.3 Å². The summed E-state index contributed by atoms with van der Waals surface area (Å²) in [5.41, 5.74) is 19.7. The molecule has 0 radical (unpaired) electrons. The predicted octanol–water partition coefficient (Wildman–Crippen LogP) is 23.7. The van der Waals surface area contributed by atoms with Gasteiger partial charge in [-0.15, -0.1) is 0 Å². The van der Waals surface area contributed by atoms with E-state index in [2.05, 4.69) is 141 Å². The van der Waals surface area contributed by atoms with Gasteiger partial charge in [-0.05, 0) is 96.0 Å². The van der Waals surface area contributed by atoms with Crippen LogP contribution in [0.2, 0.25) is 0 Å². The second-order valence-electron chi connectivity index (χ2n) is 22.8. The second kappa shape index (κ2) is 44.7. The molecule has 5 aromatic heterocycles. The maximum Gasteiger partial charge on any atom is 0.285 e. The maximum absolute atomic E-state index is 9.44. The minimum Gasteiger partial charge on any atom is -0.441 e. The van der Waals surface area contributed by atoms with Crippen molar-refractivity contribution in [3.8, 4) is 90.3 Å². The topological polar surface area (TPSA) is 191 Å². The Kier molecular flexibility index (Phi) is 35.4. The van der Waals surface area contributed by atoms with Crippen LogP contribution in [0.5, 0.6) is 0 Å². The van der Waals surface area contributed by atoms with Crippen LogP contribution in [0.4, 0.5) is 0 Å². The average Bonchev–Trinajstić information content (AvgIpc) is 1.72. The molecule has 0 saturated carbocycles. The van der Waals surface area contributed by atoms with Crippen LogP contribution in [0.1, 0.15) is 106 Å². The molecule has 0 saturated heterocycles. The summed E-state index contributed by atoms with van der Waals surface area (Å²) in [5, 5.41) is 0. The molecule has 0 aliphatic rings. The number of hydrogen-bond acceptors (Lipinski definition) is 9. The molecule has 0 fully saturated rings. The number of ketones is 3. The zero-order valence-electron chi connectivity index (χ0n) is 62.5. The molecule has 15 rings (SSSR count). The van der Waals surface area contributed by atoms with Crippen LogP contribution < -0.4 is 4.98 Å². The van der Waals surface area contributed by atoms with Crippen LogP contribution in [0.25, 0.3) is 113 Å². The van der Waals surface area contributed by atoms with Crippen molar-refractivity contribution < 1.29 is 28.2 Å². The monoisotopic (exact) mass is 1370 g/mol. The fourth-order valence-electron chi connectivity index (χ4n) is 9.75. The molecule has 0 aliphatic carbocycles. The van der Waals surface area contributed by atoms with Gasteiger partial charge in [-0.25, -0.2) is 29.9 Å². The minimum atomic E-state index is 0.167. The van der Waals surface area contributed by atoms with Crippen LogP contribution >= 0.6 is 0 Å². The highest BCUT2D eigenvalue weighted by Gasteiger charge is 2.19. The zero-order chi connectivity index (χ0) is 74.9. The molecule has 103 heavy (non-hydrogen) atoms. The van der Waals surface area contributed by atoms with Gasteiger partial charge in [0.15, 0.2) is 28.6 Å². The molecule has 4 N–H and O–H groups in total. The van der Waals surface area contributed by atoms with Gasteiger partial charge in [0.1, 0.15) is 45.7 Å². The quantitative estimate of drug-likeness (QED) is 0.133. The Morgan fingerprint density at radius 1 is 0.301 bits per heavy atom. The molecule has 10 aromatic carbocycles. The van der Waals surface area contributed by atoms with Gasteiger partial charge in [0.05, 0.1) is 22.6 Å². The molecule has 0 aliphatic heterocycles. The first-order valence-electron chi connectivity index (χ1n) is 34.8. The number of carbonyl (C=O) groups is 3. The number of hydrogen-bond donors (Lipinski definition) is 3. The lowest BCUT2D eigenvalue weighted by Crippen LogP contribution is -2.05. The van der Waals surface area contributed by atoms with Crippen molar-refractivity contribution >= 4 is 39.5 Å². The number of rotatable bonds is 8. The molecule has 15 aromatic rings. The molecular formula is C90H99N8O5+. The summed E-state index contributed by atoms with van der Waals surface area (Å²) in [6.07, 6.45) is 0. The summed E-state index contributed by atoms with van der Waals surface area (Å²) in [5.74, 6) is 4.63. The number of fused-ring (bicyclic) bond motifs is 2. The number of nitrogens with one attached hydrogen (secondary N) is 4. The lowest BCUT2D eigenvalue weighted by Gasteiger charge is -2.02. The number of aryl methyl sites for hydroxylation is 4. The third-order valence-corrected chi connectivity index (χ3v) is 13.9. The van der Waals surface area contributed by atoms with Crippen molar-refractivity contribution in [3.05, 3.63) is 308 Å². The number of aromatic amines is 4. The number of Topliss-reactive ketones (excluding diaryl/α,β-unsaturated/α-hetero) is 3. The molecular weight excluding hydrogens is 1270 g/mol. The average molecular weight is 1370 g/mol. The predicted molar refractivity (Wildman–Crippen MR) is 428 cm³/mol. The van der Waals surface area contributed by atoms with E-state index in [9.17, 15) is 14.4 Å². The molecule has 528 valence electrons. The first-order valence-corrected chi connectivity index (χ1v) is 34.8. The molecule has 0 amide bonds. The Bertz CT molecular complexity index is 4470. The van der Waals surface area contributed by atoms with E-state index in [1.165, 1.54) is 47.1 Å². The minimum absolute atomic E-state index is 0.167. The Morgan fingerprint density at radius 3 is 0.981 bits per heavy atom. The van der Waals surface area contributed by atoms with Crippen LogP contribution in [0.15, 0.2) is 294 Å². The summed E-state index contributed by atoms with van der Waals surface area (Å²) in [7, 11) is 0. The van der Waals surface area contributed by atoms with E-state index < -0.39 is 0 Å². The molecule has 0 unspecified atom stereocenters. The molecule has 0 bridgehead atoms. The van der Waals surface area contributed by atoms with E-state index in [1.54, 1.807) is 0 Å². The van der Waals surface area contributed by atoms with Crippen molar-refractivity contribution in [2.75, 3.05) is 0 Å². The third kappa shape index (κ3) is 27.1. The van der Waals surface area contributed by atoms with Crippen LogP contribution in [-0.2, 0) is 14.4 Å². The summed E-state index contributed by atoms with van der Waals surface area (Å²) in [6, 6.07) is 96.0. The molecule has 5 heterocycles. The first kappa shape index (κ1) is 81.5. The summed E-state index contributed by atoms with van der Waals surface area (Å²) in [6.45, 7) is 29.0. The fourth-order valence-corrected chi connectivity index (χ4v) is 9.75. The fraction of sp³-hybridized carbons (Fsp3) is 0.178. The number of benzene rings is 10.